The number of carbonyl (C=O) groups excluding carboxylic acids is 3. The molecule has 12 heteroatoms. The lowest BCUT2D eigenvalue weighted by molar-refractivity contribution is -0.122. The SMILES string of the molecule is O=C(CSc1nc2ccccc2n1C(=O)CCN1C(=O)C(=Cc2ccc(F)cc2)SC1=S)Nc1ccc(Cl)cc1. The Balaban J connectivity index is 1.27. The highest BCUT2D eigenvalue weighted by Gasteiger charge is 2.32. The van der Waals surface area contributed by atoms with Crippen molar-refractivity contribution in [1.29, 1.82) is 0 Å². The fourth-order valence-corrected chi connectivity index (χ4v) is 6.18. The summed E-state index contributed by atoms with van der Waals surface area (Å²) in [6.07, 6.45) is 1.63. The summed E-state index contributed by atoms with van der Waals surface area (Å²) in [5.41, 5.74) is 2.50. The van der Waals surface area contributed by atoms with Crippen LogP contribution in [-0.4, -0.2) is 48.8 Å². The van der Waals surface area contributed by atoms with E-state index in [2.05, 4.69) is 10.3 Å². The lowest BCUT2D eigenvalue weighted by Gasteiger charge is -2.15. The monoisotopic (exact) mass is 610 g/mol. The molecule has 1 fully saturated rings. The number of nitrogens with one attached hydrogen (secondary N) is 1. The maximum atomic E-state index is 13.4. The Morgan fingerprint density at radius 3 is 2.55 bits per heavy atom. The van der Waals surface area contributed by atoms with Crippen LogP contribution in [0.3, 0.4) is 0 Å². The molecular formula is C28H20ClFN4O3S3. The molecule has 0 unspecified atom stereocenters. The molecule has 7 nitrogen and oxygen atoms in total. The van der Waals surface area contributed by atoms with Gasteiger partial charge in [0, 0.05) is 23.7 Å². The average Bonchev–Trinajstić information content (AvgIpc) is 3.44. The van der Waals surface area contributed by atoms with Gasteiger partial charge in [-0.3, -0.25) is 23.9 Å². The van der Waals surface area contributed by atoms with Gasteiger partial charge in [0.15, 0.2) is 5.16 Å². The molecule has 2 heterocycles. The number of thioether (sulfide) groups is 2. The number of aromatic nitrogens is 2. The van der Waals surface area contributed by atoms with Gasteiger partial charge in [-0.1, -0.05) is 71.6 Å². The predicted octanol–water partition coefficient (Wildman–Crippen LogP) is 6.49. The Labute approximate surface area is 247 Å². The van der Waals surface area contributed by atoms with Crippen molar-refractivity contribution in [2.75, 3.05) is 17.6 Å². The third-order valence-corrected chi connectivity index (χ3v) is 8.40. The number of imidazole rings is 1. The average molecular weight is 611 g/mol. The topological polar surface area (TPSA) is 84.3 Å². The first-order valence-electron chi connectivity index (χ1n) is 12.0. The summed E-state index contributed by atoms with van der Waals surface area (Å²) >= 11 is 13.6. The number of anilines is 1. The minimum Gasteiger partial charge on any atom is -0.325 e. The number of hydrogen-bond donors (Lipinski definition) is 1. The zero-order chi connectivity index (χ0) is 28.2. The molecule has 0 radical (unpaired) electrons. The molecule has 4 aromatic rings. The molecule has 0 aliphatic carbocycles. The zero-order valence-corrected chi connectivity index (χ0v) is 23.9. The number of benzene rings is 3. The van der Waals surface area contributed by atoms with Crippen LogP contribution < -0.4 is 5.32 Å². The molecule has 1 saturated heterocycles. The van der Waals surface area contributed by atoms with E-state index in [1.165, 1.54) is 21.6 Å². The van der Waals surface area contributed by atoms with E-state index in [9.17, 15) is 18.8 Å². The van der Waals surface area contributed by atoms with E-state index in [0.717, 1.165) is 23.5 Å². The summed E-state index contributed by atoms with van der Waals surface area (Å²) in [6.45, 7) is 0.0813. The summed E-state index contributed by atoms with van der Waals surface area (Å²) in [6, 6.07) is 19.7. The van der Waals surface area contributed by atoms with E-state index in [-0.39, 0.29) is 42.3 Å². The van der Waals surface area contributed by atoms with E-state index >= 15 is 0 Å². The number of para-hydroxylation sites is 2. The number of halogens is 2. The van der Waals surface area contributed by atoms with Gasteiger partial charge in [0.1, 0.15) is 10.1 Å². The van der Waals surface area contributed by atoms with Gasteiger partial charge in [0.05, 0.1) is 21.7 Å². The Kier molecular flexibility index (Phi) is 8.65. The van der Waals surface area contributed by atoms with Crippen molar-refractivity contribution in [1.82, 2.24) is 14.5 Å². The molecular weight excluding hydrogens is 591 g/mol. The number of carbonyl (C=O) groups is 3. The third kappa shape index (κ3) is 6.44. The first-order chi connectivity index (χ1) is 19.3. The van der Waals surface area contributed by atoms with E-state index in [1.807, 2.05) is 6.07 Å². The molecule has 1 aliphatic rings. The number of hydrogen-bond acceptors (Lipinski definition) is 7. The molecule has 202 valence electrons. The largest absolute Gasteiger partial charge is 0.325 e. The second kappa shape index (κ2) is 12.3. The normalized spacial score (nSPS) is 14.3. The maximum Gasteiger partial charge on any atom is 0.266 e. The minimum atomic E-state index is -0.366. The highest BCUT2D eigenvalue weighted by atomic mass is 35.5. The van der Waals surface area contributed by atoms with Crippen LogP contribution in [0, 0.1) is 5.82 Å². The Morgan fingerprint density at radius 1 is 1.07 bits per heavy atom. The molecule has 0 bridgehead atoms. The van der Waals surface area contributed by atoms with Crippen molar-refractivity contribution in [2.24, 2.45) is 0 Å². The molecule has 40 heavy (non-hydrogen) atoms. The van der Waals surface area contributed by atoms with Crippen molar-refractivity contribution in [3.63, 3.8) is 0 Å². The lowest BCUT2D eigenvalue weighted by Crippen LogP contribution is -2.31. The van der Waals surface area contributed by atoms with Gasteiger partial charge in [0.25, 0.3) is 5.91 Å². The number of amides is 2. The van der Waals surface area contributed by atoms with Crippen LogP contribution in [-0.2, 0) is 9.59 Å². The number of thiocarbonyl (C=S) groups is 1. The van der Waals surface area contributed by atoms with Crippen LogP contribution in [0.15, 0.2) is 82.9 Å². The van der Waals surface area contributed by atoms with Gasteiger partial charge < -0.3 is 5.32 Å². The van der Waals surface area contributed by atoms with Crippen LogP contribution in [0.2, 0.25) is 5.02 Å². The van der Waals surface area contributed by atoms with E-state index in [1.54, 1.807) is 60.7 Å². The van der Waals surface area contributed by atoms with Gasteiger partial charge in [-0.15, -0.1) is 0 Å². The Bertz CT molecular complexity index is 1660. The van der Waals surface area contributed by atoms with E-state index < -0.39 is 0 Å². The fourth-order valence-electron chi connectivity index (χ4n) is 3.92. The molecule has 0 spiro atoms. The summed E-state index contributed by atoms with van der Waals surface area (Å²) in [5.74, 6) is -1.19. The van der Waals surface area contributed by atoms with Crippen molar-refractivity contribution in [2.45, 2.75) is 11.6 Å². The van der Waals surface area contributed by atoms with Gasteiger partial charge in [-0.25, -0.2) is 9.37 Å². The Morgan fingerprint density at radius 2 is 1.80 bits per heavy atom. The molecule has 1 aliphatic heterocycles. The van der Waals surface area contributed by atoms with Crippen molar-refractivity contribution >= 4 is 92.2 Å². The van der Waals surface area contributed by atoms with Gasteiger partial charge in [-0.2, -0.15) is 0 Å². The zero-order valence-electron chi connectivity index (χ0n) is 20.7. The second-order valence-electron chi connectivity index (χ2n) is 8.59. The van der Waals surface area contributed by atoms with Gasteiger partial charge in [-0.05, 0) is 60.2 Å². The minimum absolute atomic E-state index is 0.0127. The Hall–Kier alpha value is -3.51. The van der Waals surface area contributed by atoms with Crippen molar-refractivity contribution in [3.05, 3.63) is 94.1 Å². The van der Waals surface area contributed by atoms with Crippen LogP contribution >= 0.6 is 47.3 Å². The third-order valence-electron chi connectivity index (χ3n) is 5.83. The predicted molar refractivity (Wildman–Crippen MR) is 162 cm³/mol. The summed E-state index contributed by atoms with van der Waals surface area (Å²) in [7, 11) is 0. The summed E-state index contributed by atoms with van der Waals surface area (Å²) < 4.78 is 15.0. The first kappa shape index (κ1) is 28.0. The van der Waals surface area contributed by atoms with Gasteiger partial charge in [0.2, 0.25) is 11.8 Å². The number of rotatable bonds is 8. The molecule has 2 amide bonds. The van der Waals surface area contributed by atoms with E-state index in [0.29, 0.717) is 41.7 Å². The standard InChI is InChI=1S/C28H20ClFN4O3S3/c29-18-7-11-20(12-8-18)31-24(35)16-39-27-32-21-3-1-2-4-22(21)34(27)25(36)13-14-33-26(37)23(40-28(33)38)15-17-5-9-19(30)10-6-17/h1-12,15H,13-14,16H2,(H,31,35). The van der Waals surface area contributed by atoms with Crippen LogP contribution in [0.4, 0.5) is 10.1 Å². The maximum absolute atomic E-state index is 13.4. The number of nitrogens with zero attached hydrogens (tertiary/aromatic N) is 3. The second-order valence-corrected chi connectivity index (χ2v) is 11.6. The molecule has 3 aromatic carbocycles. The van der Waals surface area contributed by atoms with E-state index in [4.69, 9.17) is 23.8 Å². The van der Waals surface area contributed by atoms with Crippen LogP contribution in [0.5, 0.6) is 0 Å². The molecule has 5 rings (SSSR count). The highest BCUT2D eigenvalue weighted by molar-refractivity contribution is 8.26. The molecule has 0 saturated carbocycles. The lowest BCUT2D eigenvalue weighted by atomic mass is 10.2. The van der Waals surface area contributed by atoms with Crippen LogP contribution in [0.1, 0.15) is 16.8 Å². The quantitative estimate of drug-likeness (QED) is 0.139. The number of fused-ring (bicyclic) bond motifs is 1. The fraction of sp³-hybridized carbons (Fsp3) is 0.107. The van der Waals surface area contributed by atoms with Crippen molar-refractivity contribution in [3.8, 4) is 0 Å². The molecule has 1 N–H and O–H groups in total. The van der Waals surface area contributed by atoms with Crippen LogP contribution in [0.25, 0.3) is 17.1 Å². The van der Waals surface area contributed by atoms with Crippen molar-refractivity contribution < 1.29 is 18.8 Å². The summed E-state index contributed by atoms with van der Waals surface area (Å²) in [5, 5.41) is 3.73. The summed E-state index contributed by atoms with van der Waals surface area (Å²) in [4.78, 5) is 45.3. The highest BCUT2D eigenvalue weighted by Crippen LogP contribution is 2.33. The first-order valence-corrected chi connectivity index (χ1v) is 14.6. The molecule has 1 aromatic heterocycles. The molecule has 0 atom stereocenters. The smallest absolute Gasteiger partial charge is 0.266 e. The van der Waals surface area contributed by atoms with Gasteiger partial charge >= 0.3 is 0 Å².